The molecular weight excluding hydrogens is 254 g/mol. The van der Waals surface area contributed by atoms with E-state index in [0.29, 0.717) is 13.0 Å². The lowest BCUT2D eigenvalue weighted by molar-refractivity contribution is -0.127. The van der Waals surface area contributed by atoms with Crippen molar-refractivity contribution in [3.05, 3.63) is 0 Å². The summed E-state index contributed by atoms with van der Waals surface area (Å²) in [5.74, 6) is -0.222. The molecule has 20 heavy (non-hydrogen) atoms. The second kappa shape index (κ2) is 8.12. The highest BCUT2D eigenvalue weighted by Gasteiger charge is 2.36. The van der Waals surface area contributed by atoms with Gasteiger partial charge in [-0.25, -0.2) is 0 Å². The van der Waals surface area contributed by atoms with Crippen LogP contribution in [-0.2, 0) is 4.79 Å². The molecule has 0 aliphatic rings. The number of nitrogens with one attached hydrogen (secondary N) is 1. The number of carbonyl (C=O) groups excluding carboxylic acids is 1. The molecule has 1 unspecified atom stereocenters. The number of amides is 1. The molecule has 0 aliphatic carbocycles. The van der Waals surface area contributed by atoms with Crippen LogP contribution in [0.4, 0.5) is 0 Å². The summed E-state index contributed by atoms with van der Waals surface area (Å²) in [7, 11) is 0. The van der Waals surface area contributed by atoms with E-state index < -0.39 is 5.41 Å². The quantitative estimate of drug-likeness (QED) is 0.200. The predicted molar refractivity (Wildman–Crippen MR) is 82.7 cm³/mol. The maximum atomic E-state index is 12.3. The second-order valence-electron chi connectivity index (χ2n) is 6.47. The van der Waals surface area contributed by atoms with Crippen molar-refractivity contribution in [2.45, 2.75) is 66.7 Å². The van der Waals surface area contributed by atoms with Crippen LogP contribution in [0.3, 0.4) is 0 Å². The van der Waals surface area contributed by atoms with Gasteiger partial charge in [-0.1, -0.05) is 52.1 Å². The van der Waals surface area contributed by atoms with E-state index in [1.807, 2.05) is 6.92 Å². The van der Waals surface area contributed by atoms with Crippen LogP contribution in [0.25, 0.3) is 0 Å². The Morgan fingerprint density at radius 1 is 1.25 bits per heavy atom. The van der Waals surface area contributed by atoms with Crippen LogP contribution >= 0.6 is 0 Å². The number of oxime groups is 1. The molecule has 0 saturated heterocycles. The van der Waals surface area contributed by atoms with Crippen LogP contribution in [0.2, 0.25) is 0 Å². The number of hydrogen-bond acceptors (Lipinski definition) is 3. The molecule has 1 amide bonds. The fourth-order valence-corrected chi connectivity index (χ4v) is 2.02. The van der Waals surface area contributed by atoms with E-state index in [0.717, 1.165) is 6.42 Å². The van der Waals surface area contributed by atoms with E-state index in [1.54, 1.807) is 6.92 Å². The molecule has 118 valence electrons. The van der Waals surface area contributed by atoms with Gasteiger partial charge in [-0.15, -0.1) is 0 Å². The smallest absolute Gasteiger partial charge is 0.233 e. The molecule has 5 heteroatoms. The number of carbonyl (C=O) groups is 1. The van der Waals surface area contributed by atoms with Crippen LogP contribution in [0, 0.1) is 10.8 Å². The molecule has 0 bridgehead atoms. The van der Waals surface area contributed by atoms with Crippen molar-refractivity contribution in [2.24, 2.45) is 21.7 Å². The summed E-state index contributed by atoms with van der Waals surface area (Å²) in [4.78, 5) is 12.3. The van der Waals surface area contributed by atoms with E-state index in [4.69, 9.17) is 10.9 Å². The maximum absolute atomic E-state index is 12.3. The monoisotopic (exact) mass is 285 g/mol. The average Bonchev–Trinajstić information content (AvgIpc) is 2.43. The Bertz CT molecular complexity index is 340. The predicted octanol–water partition coefficient (Wildman–Crippen LogP) is 2.87. The molecule has 0 aromatic rings. The summed E-state index contributed by atoms with van der Waals surface area (Å²) in [6.07, 6.45) is 5.15. The van der Waals surface area contributed by atoms with Gasteiger partial charge >= 0.3 is 0 Å². The number of rotatable bonds is 9. The minimum atomic E-state index is -0.950. The highest BCUT2D eigenvalue weighted by atomic mass is 16.4. The zero-order valence-electron chi connectivity index (χ0n) is 13.6. The summed E-state index contributed by atoms with van der Waals surface area (Å²) in [5.41, 5.74) is 4.75. The van der Waals surface area contributed by atoms with Crippen molar-refractivity contribution in [2.75, 3.05) is 6.54 Å². The van der Waals surface area contributed by atoms with Gasteiger partial charge in [0.2, 0.25) is 5.91 Å². The second-order valence-corrected chi connectivity index (χ2v) is 6.47. The molecule has 0 aliphatic heterocycles. The van der Waals surface area contributed by atoms with Gasteiger partial charge in [0.15, 0.2) is 5.84 Å². The SMILES string of the molecule is CCCCCC(C)(C)CNC(=O)C(C)(CC)C(N)=NO. The summed E-state index contributed by atoms with van der Waals surface area (Å²) in [6.45, 7) is 10.6. The molecule has 0 aromatic carbocycles. The maximum Gasteiger partial charge on any atom is 0.233 e. The van der Waals surface area contributed by atoms with Gasteiger partial charge in [0.1, 0.15) is 5.41 Å². The fourth-order valence-electron chi connectivity index (χ4n) is 2.02. The molecule has 0 aromatic heterocycles. The van der Waals surface area contributed by atoms with Crippen LogP contribution < -0.4 is 11.1 Å². The number of nitrogens with zero attached hydrogens (tertiary/aromatic N) is 1. The topological polar surface area (TPSA) is 87.7 Å². The van der Waals surface area contributed by atoms with E-state index in [-0.39, 0.29) is 17.2 Å². The molecular formula is C15H31N3O2. The van der Waals surface area contributed by atoms with Gasteiger partial charge in [-0.3, -0.25) is 4.79 Å². The molecule has 0 fully saturated rings. The molecule has 0 rings (SSSR count). The zero-order chi connectivity index (χ0) is 15.8. The Balaban J connectivity index is 4.53. The third-order valence-corrected chi connectivity index (χ3v) is 4.07. The van der Waals surface area contributed by atoms with E-state index in [1.165, 1.54) is 19.3 Å². The number of nitrogens with two attached hydrogens (primary N) is 1. The van der Waals surface area contributed by atoms with Gasteiger partial charge < -0.3 is 16.3 Å². The molecule has 0 saturated carbocycles. The lowest BCUT2D eigenvalue weighted by Gasteiger charge is -2.30. The van der Waals surface area contributed by atoms with Crippen LogP contribution in [-0.4, -0.2) is 23.5 Å². The zero-order valence-corrected chi connectivity index (χ0v) is 13.6. The Labute approximate surface area is 123 Å². The highest BCUT2D eigenvalue weighted by Crippen LogP contribution is 2.25. The lowest BCUT2D eigenvalue weighted by Crippen LogP contribution is -2.49. The molecule has 5 nitrogen and oxygen atoms in total. The van der Waals surface area contributed by atoms with Crippen molar-refractivity contribution in [1.82, 2.24) is 5.32 Å². The first-order valence-electron chi connectivity index (χ1n) is 7.49. The Morgan fingerprint density at radius 2 is 1.85 bits per heavy atom. The first kappa shape index (κ1) is 18.7. The van der Waals surface area contributed by atoms with Gasteiger partial charge in [0, 0.05) is 6.54 Å². The van der Waals surface area contributed by atoms with Gasteiger partial charge in [-0.05, 0) is 25.2 Å². The van der Waals surface area contributed by atoms with Gasteiger partial charge in [0.25, 0.3) is 0 Å². The molecule has 1 atom stereocenters. The normalized spacial score (nSPS) is 15.8. The van der Waals surface area contributed by atoms with Crippen LogP contribution in [0.5, 0.6) is 0 Å². The highest BCUT2D eigenvalue weighted by molar-refractivity contribution is 6.06. The van der Waals surface area contributed by atoms with Crippen molar-refractivity contribution in [1.29, 1.82) is 0 Å². The first-order valence-corrected chi connectivity index (χ1v) is 7.49. The van der Waals surface area contributed by atoms with E-state index in [2.05, 4.69) is 31.2 Å². The number of hydrogen-bond donors (Lipinski definition) is 3. The summed E-state index contributed by atoms with van der Waals surface area (Å²) < 4.78 is 0. The average molecular weight is 285 g/mol. The Morgan fingerprint density at radius 3 is 2.30 bits per heavy atom. The largest absolute Gasteiger partial charge is 0.409 e. The number of amidine groups is 1. The van der Waals surface area contributed by atoms with Crippen molar-refractivity contribution in [3.8, 4) is 0 Å². The van der Waals surface area contributed by atoms with Crippen molar-refractivity contribution >= 4 is 11.7 Å². The molecule has 0 radical (unpaired) electrons. The first-order chi connectivity index (χ1) is 9.23. The van der Waals surface area contributed by atoms with Crippen LogP contribution in [0.1, 0.15) is 66.7 Å². The van der Waals surface area contributed by atoms with E-state index in [9.17, 15) is 4.79 Å². The van der Waals surface area contributed by atoms with Crippen molar-refractivity contribution in [3.63, 3.8) is 0 Å². The van der Waals surface area contributed by atoms with E-state index >= 15 is 0 Å². The Kier molecular flexibility index (Phi) is 7.61. The third-order valence-electron chi connectivity index (χ3n) is 4.07. The van der Waals surface area contributed by atoms with Crippen molar-refractivity contribution < 1.29 is 10.0 Å². The summed E-state index contributed by atoms with van der Waals surface area (Å²) in [6, 6.07) is 0. The van der Waals surface area contributed by atoms with Crippen LogP contribution in [0.15, 0.2) is 5.16 Å². The summed E-state index contributed by atoms with van der Waals surface area (Å²) in [5, 5.41) is 14.7. The minimum absolute atomic E-state index is 0.0405. The molecule has 0 heterocycles. The number of unbranched alkanes of at least 4 members (excludes halogenated alkanes) is 2. The molecule has 4 N–H and O–H groups in total. The Hall–Kier alpha value is -1.26. The minimum Gasteiger partial charge on any atom is -0.409 e. The van der Waals surface area contributed by atoms with Gasteiger partial charge in [0.05, 0.1) is 0 Å². The summed E-state index contributed by atoms with van der Waals surface area (Å²) >= 11 is 0. The molecule has 0 spiro atoms. The standard InChI is InChI=1S/C15H31N3O2/c1-6-8-9-10-14(3,4)11-17-13(19)15(5,7-2)12(16)18-20/h20H,6-11H2,1-5H3,(H2,16,18)(H,17,19). The van der Waals surface area contributed by atoms with Gasteiger partial charge in [-0.2, -0.15) is 0 Å². The fraction of sp³-hybridized carbons (Fsp3) is 0.867. The lowest BCUT2D eigenvalue weighted by atomic mass is 9.83. The third kappa shape index (κ3) is 5.39.